The van der Waals surface area contributed by atoms with Crippen molar-refractivity contribution in [1.29, 1.82) is 0 Å². The summed E-state index contributed by atoms with van der Waals surface area (Å²) in [5, 5.41) is 1.09. The van der Waals surface area contributed by atoms with Gasteiger partial charge in [-0.15, -0.1) is 0 Å². The van der Waals surface area contributed by atoms with Crippen LogP contribution in [-0.4, -0.2) is 11.8 Å². The van der Waals surface area contributed by atoms with Gasteiger partial charge >= 0.3 is 6.85 Å². The van der Waals surface area contributed by atoms with Crippen molar-refractivity contribution in [3.63, 3.8) is 0 Å². The third-order valence-corrected chi connectivity index (χ3v) is 4.56. The number of nitrogens with zero attached hydrogens (tertiary/aromatic N) is 3. The lowest BCUT2D eigenvalue weighted by atomic mass is 9.57. The van der Waals surface area contributed by atoms with Crippen LogP contribution in [0, 0.1) is 6.92 Å². The molecule has 3 aromatic heterocycles. The van der Waals surface area contributed by atoms with Crippen molar-refractivity contribution in [2.24, 2.45) is 7.05 Å². The summed E-state index contributed by atoms with van der Waals surface area (Å²) < 4.78 is 8.21. The Balaban J connectivity index is 1.92. The molecule has 0 aliphatic carbocycles. The molecule has 0 atom stereocenters. The molecule has 5 heteroatoms. The molecule has 1 aliphatic heterocycles. The van der Waals surface area contributed by atoms with E-state index < -0.39 is 0 Å². The van der Waals surface area contributed by atoms with Gasteiger partial charge in [-0.2, -0.15) is 0 Å². The first kappa shape index (κ1) is 14.1. The number of allylic oxidation sites excluding steroid dienone is 1. The van der Waals surface area contributed by atoms with Gasteiger partial charge in [-0.1, -0.05) is 0 Å². The number of hydrogen-bond donors (Lipinski definition) is 0. The summed E-state index contributed by atoms with van der Waals surface area (Å²) in [6, 6.07) is 8.36. The van der Waals surface area contributed by atoms with E-state index in [-0.39, 0.29) is 6.85 Å². The van der Waals surface area contributed by atoms with Crippen LogP contribution in [0.1, 0.15) is 18.1 Å². The first-order valence-corrected chi connectivity index (χ1v) is 7.87. The van der Waals surface area contributed by atoms with E-state index in [1.165, 1.54) is 11.3 Å². The molecule has 23 heavy (non-hydrogen) atoms. The van der Waals surface area contributed by atoms with Gasteiger partial charge in [-0.25, -0.2) is 9.55 Å². The van der Waals surface area contributed by atoms with E-state index in [1.807, 2.05) is 6.07 Å². The van der Waals surface area contributed by atoms with Gasteiger partial charge < -0.3 is 4.42 Å². The van der Waals surface area contributed by atoms with Crippen molar-refractivity contribution < 1.29 is 8.98 Å². The summed E-state index contributed by atoms with van der Waals surface area (Å²) >= 11 is 0. The van der Waals surface area contributed by atoms with Gasteiger partial charge in [0.2, 0.25) is 5.71 Å². The zero-order valence-corrected chi connectivity index (χ0v) is 13.9. The lowest BCUT2D eigenvalue weighted by Gasteiger charge is -2.26. The van der Waals surface area contributed by atoms with Crippen LogP contribution in [0.2, 0.25) is 6.82 Å². The van der Waals surface area contributed by atoms with Crippen molar-refractivity contribution in [3.05, 3.63) is 53.5 Å². The average molecular weight is 304 g/mol. The number of furan rings is 1. The Bertz CT molecular complexity index is 945. The molecule has 0 unspecified atom stereocenters. The second kappa shape index (κ2) is 4.98. The second-order valence-corrected chi connectivity index (χ2v) is 6.24. The fourth-order valence-electron chi connectivity index (χ4n) is 3.41. The molecule has 0 N–H and O–H groups in total. The summed E-state index contributed by atoms with van der Waals surface area (Å²) in [5.41, 5.74) is 5.30. The molecule has 4 rings (SSSR count). The summed E-state index contributed by atoms with van der Waals surface area (Å²) in [6.45, 7) is 6.57. The Morgan fingerprint density at radius 3 is 2.91 bits per heavy atom. The Hall–Kier alpha value is -2.56. The normalized spacial score (nSPS) is 14.2. The number of anilines is 1. The molecule has 0 radical (unpaired) electrons. The first-order chi connectivity index (χ1) is 11.1. The van der Waals surface area contributed by atoms with E-state index in [4.69, 9.17) is 4.42 Å². The highest BCUT2D eigenvalue weighted by molar-refractivity contribution is 6.76. The molecular formula is C18H19BN3O+. The largest absolute Gasteiger partial charge is 0.447 e. The SMILES string of the molecule is CB1c2oc3ncccc3c2C=C(C)N1c1cc(C)cc[n+]1C. The zero-order valence-electron chi connectivity index (χ0n) is 13.9. The van der Waals surface area contributed by atoms with Gasteiger partial charge in [0.1, 0.15) is 5.66 Å². The Morgan fingerprint density at radius 1 is 1.26 bits per heavy atom. The number of hydrogen-bond acceptors (Lipinski definition) is 3. The fraction of sp³-hybridized carbons (Fsp3) is 0.222. The topological polar surface area (TPSA) is 33.2 Å². The fourth-order valence-corrected chi connectivity index (χ4v) is 3.41. The van der Waals surface area contributed by atoms with Gasteiger partial charge in [-0.3, -0.25) is 4.81 Å². The van der Waals surface area contributed by atoms with E-state index >= 15 is 0 Å². The number of aryl methyl sites for hydroxylation is 2. The molecule has 0 saturated carbocycles. The van der Waals surface area contributed by atoms with E-state index in [1.54, 1.807) is 6.20 Å². The van der Waals surface area contributed by atoms with Crippen LogP contribution in [0.15, 0.2) is 46.8 Å². The molecule has 0 saturated heterocycles. The van der Waals surface area contributed by atoms with Crippen molar-refractivity contribution in [3.8, 4) is 0 Å². The predicted molar refractivity (Wildman–Crippen MR) is 93.7 cm³/mol. The molecule has 1 aliphatic rings. The maximum atomic E-state index is 6.07. The van der Waals surface area contributed by atoms with Crippen molar-refractivity contribution in [2.45, 2.75) is 20.7 Å². The molecule has 3 aromatic rings. The van der Waals surface area contributed by atoms with Crippen molar-refractivity contribution >= 4 is 35.5 Å². The van der Waals surface area contributed by atoms with Gasteiger partial charge in [0.05, 0.1) is 18.9 Å². The van der Waals surface area contributed by atoms with Crippen LogP contribution in [0.4, 0.5) is 5.82 Å². The Kier molecular flexibility index (Phi) is 3.05. The third kappa shape index (κ3) is 2.07. The zero-order chi connectivity index (χ0) is 16.1. The van der Waals surface area contributed by atoms with Gasteiger partial charge in [0, 0.05) is 23.2 Å². The number of rotatable bonds is 1. The average Bonchev–Trinajstić information content (AvgIpc) is 2.90. The van der Waals surface area contributed by atoms with Crippen LogP contribution < -0.4 is 15.0 Å². The van der Waals surface area contributed by atoms with Crippen molar-refractivity contribution in [1.82, 2.24) is 4.98 Å². The van der Waals surface area contributed by atoms with Gasteiger partial charge in [0.15, 0.2) is 0 Å². The Morgan fingerprint density at radius 2 is 2.09 bits per heavy atom. The maximum Gasteiger partial charge on any atom is 0.447 e. The highest BCUT2D eigenvalue weighted by atomic mass is 16.3. The van der Waals surface area contributed by atoms with Gasteiger partial charge in [-0.05, 0) is 50.5 Å². The van der Waals surface area contributed by atoms with Crippen LogP contribution in [0.25, 0.3) is 17.2 Å². The van der Waals surface area contributed by atoms with Crippen LogP contribution in [0.5, 0.6) is 0 Å². The second-order valence-electron chi connectivity index (χ2n) is 6.24. The number of aromatic nitrogens is 2. The first-order valence-electron chi connectivity index (χ1n) is 7.87. The number of fused-ring (bicyclic) bond motifs is 3. The minimum atomic E-state index is 0.122. The Labute approximate surface area is 136 Å². The van der Waals surface area contributed by atoms with Crippen LogP contribution >= 0.6 is 0 Å². The molecule has 4 nitrogen and oxygen atoms in total. The van der Waals surface area contributed by atoms with E-state index in [0.29, 0.717) is 5.71 Å². The molecule has 0 spiro atoms. The smallest absolute Gasteiger partial charge is 0.447 e. The number of pyridine rings is 2. The van der Waals surface area contributed by atoms with Gasteiger partial charge in [0.25, 0.3) is 5.82 Å². The maximum absolute atomic E-state index is 6.07. The highest BCUT2D eigenvalue weighted by Gasteiger charge is 2.40. The molecule has 0 fully saturated rings. The molecule has 0 amide bonds. The lowest BCUT2D eigenvalue weighted by Crippen LogP contribution is -2.52. The summed E-state index contributed by atoms with van der Waals surface area (Å²) in [4.78, 5) is 6.67. The quantitative estimate of drug-likeness (QED) is 0.512. The minimum absolute atomic E-state index is 0.122. The van der Waals surface area contributed by atoms with E-state index in [2.05, 4.69) is 72.6 Å². The summed E-state index contributed by atoms with van der Waals surface area (Å²) in [5.74, 6) is 1.16. The molecule has 114 valence electrons. The highest BCUT2D eigenvalue weighted by Crippen LogP contribution is 2.29. The molecular weight excluding hydrogens is 285 g/mol. The molecule has 4 heterocycles. The van der Waals surface area contributed by atoms with Crippen molar-refractivity contribution in [2.75, 3.05) is 4.81 Å². The predicted octanol–water partition coefficient (Wildman–Crippen LogP) is 2.67. The molecule has 0 aromatic carbocycles. The molecule has 0 bridgehead atoms. The third-order valence-electron chi connectivity index (χ3n) is 4.56. The van der Waals surface area contributed by atoms with E-state index in [9.17, 15) is 0 Å². The minimum Gasteiger partial charge on any atom is -0.447 e. The monoisotopic (exact) mass is 304 g/mol. The lowest BCUT2D eigenvalue weighted by molar-refractivity contribution is -0.658. The summed E-state index contributed by atoms with van der Waals surface area (Å²) in [7, 11) is 2.07. The van der Waals surface area contributed by atoms with Crippen LogP contribution in [0.3, 0.4) is 0 Å². The van der Waals surface area contributed by atoms with Crippen LogP contribution in [-0.2, 0) is 7.05 Å². The summed E-state index contributed by atoms with van der Waals surface area (Å²) in [6.07, 6.45) is 6.07. The van der Waals surface area contributed by atoms with E-state index in [0.717, 1.165) is 22.4 Å². The standard InChI is InChI=1S/C18H19BN3O/c1-12-7-9-21(4)16(10-12)22-13(2)11-15-14-6-5-8-20-18(14)23-17(15)19(22)3/h5-11H,1-4H3/q+1.